The fourth-order valence-corrected chi connectivity index (χ4v) is 8.16. The lowest BCUT2D eigenvalue weighted by molar-refractivity contribution is 0.549. The zero-order valence-corrected chi connectivity index (χ0v) is 32.9. The molecule has 0 amide bonds. The largest absolute Gasteiger partial charge is 0.304 e. The fourth-order valence-electron chi connectivity index (χ4n) is 8.16. The second-order valence-electron chi connectivity index (χ2n) is 16.2. The Balaban J connectivity index is 1.37. The highest BCUT2D eigenvalue weighted by Gasteiger charge is 2.37. The maximum atomic E-state index is 9.60. The molecule has 3 aliphatic carbocycles. The van der Waals surface area contributed by atoms with Gasteiger partial charge in [0.15, 0.2) is 0 Å². The predicted molar refractivity (Wildman–Crippen MR) is 229 cm³/mol. The summed E-state index contributed by atoms with van der Waals surface area (Å²) >= 11 is 0. The van der Waals surface area contributed by atoms with E-state index in [1.54, 1.807) is 0 Å². The van der Waals surface area contributed by atoms with Gasteiger partial charge in [0.25, 0.3) is 0 Å². The van der Waals surface area contributed by atoms with Crippen molar-refractivity contribution in [2.75, 3.05) is 4.90 Å². The van der Waals surface area contributed by atoms with E-state index in [9.17, 15) is 10.8 Å². The number of aliphatic imine (C=N–C) groups is 2. The standard InChI is InChI=1S/C48H47N7/c1-28(2)51-38-19-14-20-39(43(38)50)55(40-25-22-32(30-15-10-9-11-16-30)42(49)45(40)52-29(3)4)41-26-23-33(44-46(41)54-48(7,8)53-44)31-21-24-37-35(27-31)34-17-12-13-18-36(34)47(37,5)6/h9-29,49-50H,1-8H3. The fraction of sp³-hybridized carbons (Fsp3) is 0.250. The number of fused-ring (bicyclic) bond motifs is 4. The van der Waals surface area contributed by atoms with E-state index >= 15 is 0 Å². The molecule has 1 aliphatic heterocycles. The van der Waals surface area contributed by atoms with Crippen LogP contribution in [0.4, 0.5) is 5.69 Å². The van der Waals surface area contributed by atoms with Gasteiger partial charge in [0.2, 0.25) is 0 Å². The molecule has 4 aliphatic rings. The molecule has 7 nitrogen and oxygen atoms in total. The van der Waals surface area contributed by atoms with E-state index in [1.165, 1.54) is 22.3 Å². The van der Waals surface area contributed by atoms with Crippen LogP contribution in [0.5, 0.6) is 0 Å². The Morgan fingerprint density at radius 3 is 2.05 bits per heavy atom. The molecule has 0 atom stereocenters. The summed E-state index contributed by atoms with van der Waals surface area (Å²) in [6.45, 7) is 16.7. The zero-order chi connectivity index (χ0) is 38.8. The Hall–Kier alpha value is -6.08. The van der Waals surface area contributed by atoms with Crippen molar-refractivity contribution in [1.29, 1.82) is 10.8 Å². The molecule has 0 unspecified atom stereocenters. The minimum atomic E-state index is -0.717. The van der Waals surface area contributed by atoms with Crippen LogP contribution in [0.2, 0.25) is 0 Å². The van der Waals surface area contributed by atoms with Crippen molar-refractivity contribution in [3.8, 4) is 22.3 Å². The van der Waals surface area contributed by atoms with Crippen molar-refractivity contribution in [2.45, 2.75) is 78.6 Å². The van der Waals surface area contributed by atoms with Crippen molar-refractivity contribution in [3.05, 3.63) is 154 Å². The lowest BCUT2D eigenvalue weighted by Gasteiger charge is -2.34. The highest BCUT2D eigenvalue weighted by molar-refractivity contribution is 6.63. The quantitative estimate of drug-likeness (QED) is 0.183. The molecular formula is C48H47N7. The summed E-state index contributed by atoms with van der Waals surface area (Å²) in [5.74, 6) is 0. The zero-order valence-electron chi connectivity index (χ0n) is 32.9. The van der Waals surface area contributed by atoms with Crippen LogP contribution in [0.15, 0.2) is 147 Å². The van der Waals surface area contributed by atoms with Crippen LogP contribution in [0, 0.1) is 10.8 Å². The van der Waals surface area contributed by atoms with Crippen molar-refractivity contribution >= 4 is 34.1 Å². The molecule has 2 N–H and O–H groups in total. The van der Waals surface area contributed by atoms with E-state index in [-0.39, 0.29) is 23.2 Å². The molecule has 4 aromatic rings. The maximum Gasteiger partial charge on any atom is 0.146 e. The number of anilines is 1. The van der Waals surface area contributed by atoms with Gasteiger partial charge in [0.1, 0.15) is 22.4 Å². The number of allylic oxidation sites excluding steroid dienone is 8. The molecule has 274 valence electrons. The van der Waals surface area contributed by atoms with Gasteiger partial charge in [-0.25, -0.2) is 0 Å². The highest BCUT2D eigenvalue weighted by atomic mass is 15.2. The van der Waals surface area contributed by atoms with Crippen LogP contribution < -0.4 is 15.6 Å². The average molecular weight is 722 g/mol. The van der Waals surface area contributed by atoms with Crippen LogP contribution in [-0.4, -0.2) is 40.6 Å². The maximum absolute atomic E-state index is 9.60. The van der Waals surface area contributed by atoms with E-state index in [2.05, 4.69) is 73.3 Å². The Bertz CT molecular complexity index is 2630. The summed E-state index contributed by atoms with van der Waals surface area (Å²) in [6, 6.07) is 29.7. The van der Waals surface area contributed by atoms with Crippen LogP contribution in [-0.2, 0) is 5.41 Å². The molecular weight excluding hydrogens is 675 g/mol. The van der Waals surface area contributed by atoms with E-state index in [0.29, 0.717) is 28.5 Å². The molecule has 0 bridgehead atoms. The van der Waals surface area contributed by atoms with Gasteiger partial charge in [-0.1, -0.05) is 86.7 Å². The van der Waals surface area contributed by atoms with Gasteiger partial charge in [-0.05, 0) is 117 Å². The Kier molecular flexibility index (Phi) is 8.71. The predicted octanol–water partition coefficient (Wildman–Crippen LogP) is 9.63. The number of benzene rings is 4. The summed E-state index contributed by atoms with van der Waals surface area (Å²) in [4.78, 5) is 22.5. The molecule has 7 heteroatoms. The van der Waals surface area contributed by atoms with Gasteiger partial charge in [0.05, 0.1) is 33.9 Å². The van der Waals surface area contributed by atoms with E-state index in [0.717, 1.165) is 38.7 Å². The van der Waals surface area contributed by atoms with Crippen LogP contribution >= 0.6 is 0 Å². The normalized spacial score (nSPS) is 19.1. The topological polar surface area (TPSA) is 100 Å². The Morgan fingerprint density at radius 1 is 0.618 bits per heavy atom. The van der Waals surface area contributed by atoms with E-state index in [1.807, 2.05) is 102 Å². The Labute approximate surface area is 323 Å². The molecule has 0 aromatic heterocycles. The third-order valence-electron chi connectivity index (χ3n) is 10.6. The molecule has 4 aromatic carbocycles. The van der Waals surface area contributed by atoms with Crippen molar-refractivity contribution in [1.82, 2.24) is 0 Å². The van der Waals surface area contributed by atoms with Gasteiger partial charge in [-0.2, -0.15) is 0 Å². The SMILES string of the molecule is CC(C)N=C1C=CC=C(N(C2=CC=C(c3ccccc3)C(=N)C2=NC(C)C)c2ccc(-c3ccc4c(c3)-c3ccccc3C4(C)C)c3c2=NC(C)(C)N=3)C1=N. The third-order valence-corrected chi connectivity index (χ3v) is 10.6. The first-order valence-electron chi connectivity index (χ1n) is 19.1. The van der Waals surface area contributed by atoms with Gasteiger partial charge in [0, 0.05) is 28.6 Å². The van der Waals surface area contributed by atoms with Gasteiger partial charge < -0.3 is 4.90 Å². The number of nitrogens with one attached hydrogen (secondary N) is 2. The molecule has 0 spiro atoms. The Morgan fingerprint density at radius 2 is 1.31 bits per heavy atom. The first-order chi connectivity index (χ1) is 26.2. The summed E-state index contributed by atoms with van der Waals surface area (Å²) in [7, 11) is 0. The molecule has 0 saturated carbocycles. The highest BCUT2D eigenvalue weighted by Crippen LogP contribution is 2.49. The smallest absolute Gasteiger partial charge is 0.146 e. The second kappa shape index (κ2) is 13.3. The summed E-state index contributed by atoms with van der Waals surface area (Å²) in [6.07, 6.45) is 9.82. The average Bonchev–Trinajstić information content (AvgIpc) is 3.60. The lowest BCUT2D eigenvalue weighted by atomic mass is 9.82. The molecule has 8 rings (SSSR count). The van der Waals surface area contributed by atoms with Gasteiger partial charge in [-0.3, -0.25) is 30.8 Å². The minimum Gasteiger partial charge on any atom is -0.304 e. The molecule has 0 radical (unpaired) electrons. The monoisotopic (exact) mass is 721 g/mol. The molecule has 0 fully saturated rings. The molecule has 0 saturated heterocycles. The van der Waals surface area contributed by atoms with Crippen molar-refractivity contribution < 1.29 is 0 Å². The summed E-state index contributed by atoms with van der Waals surface area (Å²) in [5.41, 5.74) is 12.0. The van der Waals surface area contributed by atoms with Crippen molar-refractivity contribution in [3.63, 3.8) is 0 Å². The van der Waals surface area contributed by atoms with E-state index in [4.69, 9.17) is 20.0 Å². The van der Waals surface area contributed by atoms with Crippen LogP contribution in [0.25, 0.3) is 27.8 Å². The minimum absolute atomic E-state index is 0.00675. The molecule has 55 heavy (non-hydrogen) atoms. The first-order valence-corrected chi connectivity index (χ1v) is 19.1. The van der Waals surface area contributed by atoms with Crippen LogP contribution in [0.1, 0.15) is 72.1 Å². The number of hydrogen-bond acceptors (Lipinski definition) is 7. The van der Waals surface area contributed by atoms with E-state index < -0.39 is 5.66 Å². The van der Waals surface area contributed by atoms with Gasteiger partial charge >= 0.3 is 0 Å². The number of hydrogen-bond donors (Lipinski definition) is 2. The number of rotatable bonds is 7. The lowest BCUT2D eigenvalue weighted by Crippen LogP contribution is -2.42. The van der Waals surface area contributed by atoms with Gasteiger partial charge in [-0.15, -0.1) is 0 Å². The summed E-state index contributed by atoms with van der Waals surface area (Å²) < 4.78 is 0. The second-order valence-corrected chi connectivity index (χ2v) is 16.2. The third kappa shape index (κ3) is 6.18. The number of nitrogens with zero attached hydrogens (tertiary/aromatic N) is 5. The van der Waals surface area contributed by atoms with Crippen LogP contribution in [0.3, 0.4) is 0 Å². The first kappa shape index (κ1) is 35.9. The molecule has 1 heterocycles. The summed E-state index contributed by atoms with van der Waals surface area (Å²) in [5, 5.41) is 20.7. The van der Waals surface area contributed by atoms with Crippen molar-refractivity contribution in [2.24, 2.45) is 20.0 Å².